The zero-order valence-electron chi connectivity index (χ0n) is 12.5. The van der Waals surface area contributed by atoms with E-state index in [2.05, 4.69) is 40.6 Å². The molecule has 0 aliphatic heterocycles. The van der Waals surface area contributed by atoms with E-state index in [9.17, 15) is 0 Å². The molecule has 1 aromatic heterocycles. The van der Waals surface area contributed by atoms with Gasteiger partial charge in [-0.05, 0) is 17.0 Å². The summed E-state index contributed by atoms with van der Waals surface area (Å²) in [5, 5.41) is 10.3. The lowest BCUT2D eigenvalue weighted by atomic mass is 10.1. The van der Waals surface area contributed by atoms with Gasteiger partial charge in [-0.15, -0.1) is 5.10 Å². The Bertz CT molecular complexity index is 926. The fourth-order valence-electron chi connectivity index (χ4n) is 2.59. The third-order valence-electron chi connectivity index (χ3n) is 3.72. The minimum atomic E-state index is 0.626. The van der Waals surface area contributed by atoms with Crippen LogP contribution in [0.15, 0.2) is 79.0 Å². The Hall–Kier alpha value is -3.14. The summed E-state index contributed by atoms with van der Waals surface area (Å²) in [6, 6.07) is 24.3. The van der Waals surface area contributed by atoms with E-state index < -0.39 is 0 Å². The van der Waals surface area contributed by atoms with Gasteiger partial charge in [-0.2, -0.15) is 0 Å². The first-order chi connectivity index (χ1) is 11.4. The van der Waals surface area contributed by atoms with E-state index in [0.717, 1.165) is 22.1 Å². The van der Waals surface area contributed by atoms with Crippen LogP contribution >= 0.6 is 0 Å². The molecule has 112 valence electrons. The summed E-state index contributed by atoms with van der Waals surface area (Å²) in [5.41, 5.74) is 1.15. The molecule has 0 aliphatic rings. The fraction of sp³-hybridized carbons (Fsp3) is 0.0526. The lowest BCUT2D eigenvalue weighted by Crippen LogP contribution is -2.04. The highest BCUT2D eigenvalue weighted by Crippen LogP contribution is 2.29. The zero-order chi connectivity index (χ0) is 15.5. The van der Waals surface area contributed by atoms with Gasteiger partial charge in [0.1, 0.15) is 11.9 Å². The minimum absolute atomic E-state index is 0.626. The fourth-order valence-corrected chi connectivity index (χ4v) is 2.59. The molecule has 4 rings (SSSR count). The number of fused-ring (bicyclic) bond motifs is 1. The average Bonchev–Trinajstić information content (AvgIpc) is 3.03. The number of benzene rings is 3. The summed E-state index contributed by atoms with van der Waals surface area (Å²) >= 11 is 0. The summed E-state index contributed by atoms with van der Waals surface area (Å²) < 4.78 is 7.83. The second-order valence-electron chi connectivity index (χ2n) is 5.29. The van der Waals surface area contributed by atoms with Crippen molar-refractivity contribution < 1.29 is 4.74 Å². The van der Waals surface area contributed by atoms with Gasteiger partial charge in [0.05, 0.1) is 6.54 Å². The standard InChI is InChI=1S/C19H15N3O/c1-2-7-15(8-3-1)14-22-19(13-20-21-22)23-18-12-6-10-16-9-4-5-11-17(16)18/h1-13H,14H2. The molecule has 0 atom stereocenters. The predicted molar refractivity (Wildman–Crippen MR) is 89.6 cm³/mol. The van der Waals surface area contributed by atoms with Gasteiger partial charge in [0.15, 0.2) is 0 Å². The molecule has 1 heterocycles. The molecule has 0 fully saturated rings. The van der Waals surface area contributed by atoms with E-state index in [1.165, 1.54) is 0 Å². The molecular weight excluding hydrogens is 286 g/mol. The molecule has 0 unspecified atom stereocenters. The molecule has 0 saturated heterocycles. The maximum absolute atomic E-state index is 6.07. The Kier molecular flexibility index (Phi) is 3.48. The van der Waals surface area contributed by atoms with Crippen molar-refractivity contribution >= 4 is 10.8 Å². The van der Waals surface area contributed by atoms with Crippen LogP contribution in [0.25, 0.3) is 10.8 Å². The Morgan fingerprint density at radius 3 is 2.52 bits per heavy atom. The molecule has 0 bridgehead atoms. The first-order valence-corrected chi connectivity index (χ1v) is 7.48. The molecule has 4 nitrogen and oxygen atoms in total. The SMILES string of the molecule is c1ccc(Cn2nncc2Oc2cccc3ccccc23)cc1. The van der Waals surface area contributed by atoms with Crippen molar-refractivity contribution in [3.63, 3.8) is 0 Å². The number of nitrogens with zero attached hydrogens (tertiary/aromatic N) is 3. The molecule has 23 heavy (non-hydrogen) atoms. The van der Waals surface area contributed by atoms with E-state index in [1.807, 2.05) is 42.5 Å². The Morgan fingerprint density at radius 2 is 1.61 bits per heavy atom. The maximum Gasteiger partial charge on any atom is 0.238 e. The molecule has 0 radical (unpaired) electrons. The quantitative estimate of drug-likeness (QED) is 0.565. The molecule has 4 heteroatoms. The van der Waals surface area contributed by atoms with E-state index in [0.29, 0.717) is 12.4 Å². The van der Waals surface area contributed by atoms with Gasteiger partial charge in [-0.25, -0.2) is 4.68 Å². The van der Waals surface area contributed by atoms with Gasteiger partial charge >= 0.3 is 0 Å². The van der Waals surface area contributed by atoms with Crippen molar-refractivity contribution in [1.29, 1.82) is 0 Å². The molecule has 3 aromatic carbocycles. The Labute approximate surface area is 134 Å². The van der Waals surface area contributed by atoms with Crippen molar-refractivity contribution in [2.24, 2.45) is 0 Å². The topological polar surface area (TPSA) is 39.9 Å². The molecule has 0 amide bonds. The highest BCUT2D eigenvalue weighted by Gasteiger charge is 2.09. The van der Waals surface area contributed by atoms with E-state index >= 15 is 0 Å². The molecule has 0 spiro atoms. The van der Waals surface area contributed by atoms with Crippen LogP contribution < -0.4 is 4.74 Å². The lowest BCUT2D eigenvalue weighted by molar-refractivity contribution is 0.424. The van der Waals surface area contributed by atoms with Crippen molar-refractivity contribution in [3.8, 4) is 11.6 Å². The van der Waals surface area contributed by atoms with Crippen molar-refractivity contribution in [3.05, 3.63) is 84.6 Å². The second kappa shape index (κ2) is 5.93. The summed E-state index contributed by atoms with van der Waals surface area (Å²) in [7, 11) is 0. The van der Waals surface area contributed by atoms with Crippen LogP contribution in [0, 0.1) is 0 Å². The van der Waals surface area contributed by atoms with Crippen LogP contribution in [0.4, 0.5) is 0 Å². The highest BCUT2D eigenvalue weighted by molar-refractivity contribution is 5.88. The number of aromatic nitrogens is 3. The predicted octanol–water partition coefficient (Wildman–Crippen LogP) is 4.27. The minimum Gasteiger partial charge on any atom is -0.437 e. The van der Waals surface area contributed by atoms with Crippen LogP contribution in [0.5, 0.6) is 11.6 Å². The van der Waals surface area contributed by atoms with E-state index in [-0.39, 0.29) is 0 Å². The smallest absolute Gasteiger partial charge is 0.238 e. The van der Waals surface area contributed by atoms with Crippen molar-refractivity contribution in [1.82, 2.24) is 15.0 Å². The summed E-state index contributed by atoms with van der Waals surface area (Å²) in [6.07, 6.45) is 1.64. The third kappa shape index (κ3) is 2.79. The van der Waals surface area contributed by atoms with Gasteiger partial charge in [0.25, 0.3) is 0 Å². The van der Waals surface area contributed by atoms with Gasteiger partial charge < -0.3 is 4.74 Å². The van der Waals surface area contributed by atoms with Gasteiger partial charge in [-0.1, -0.05) is 71.9 Å². The number of hydrogen-bond donors (Lipinski definition) is 0. The molecule has 0 saturated carbocycles. The third-order valence-corrected chi connectivity index (χ3v) is 3.72. The zero-order valence-corrected chi connectivity index (χ0v) is 12.5. The highest BCUT2D eigenvalue weighted by atomic mass is 16.5. The second-order valence-corrected chi connectivity index (χ2v) is 5.29. The Balaban J connectivity index is 1.66. The van der Waals surface area contributed by atoms with Gasteiger partial charge in [0, 0.05) is 5.39 Å². The van der Waals surface area contributed by atoms with Crippen molar-refractivity contribution in [2.45, 2.75) is 6.54 Å². The number of ether oxygens (including phenoxy) is 1. The molecule has 0 N–H and O–H groups in total. The van der Waals surface area contributed by atoms with E-state index in [1.54, 1.807) is 10.9 Å². The number of rotatable bonds is 4. The normalized spacial score (nSPS) is 10.8. The molecule has 4 aromatic rings. The first kappa shape index (κ1) is 13.5. The number of hydrogen-bond acceptors (Lipinski definition) is 3. The molecular formula is C19H15N3O. The summed E-state index contributed by atoms with van der Waals surface area (Å²) in [6.45, 7) is 0.626. The van der Waals surface area contributed by atoms with Gasteiger partial charge in [0.2, 0.25) is 5.88 Å². The average molecular weight is 301 g/mol. The Morgan fingerprint density at radius 1 is 0.826 bits per heavy atom. The van der Waals surface area contributed by atoms with Crippen LogP contribution in [0.3, 0.4) is 0 Å². The summed E-state index contributed by atoms with van der Waals surface area (Å²) in [5.74, 6) is 1.44. The van der Waals surface area contributed by atoms with Crippen molar-refractivity contribution in [2.75, 3.05) is 0 Å². The van der Waals surface area contributed by atoms with Crippen LogP contribution in [0.2, 0.25) is 0 Å². The first-order valence-electron chi connectivity index (χ1n) is 7.48. The van der Waals surface area contributed by atoms with Crippen LogP contribution in [0.1, 0.15) is 5.56 Å². The largest absolute Gasteiger partial charge is 0.437 e. The van der Waals surface area contributed by atoms with Crippen LogP contribution in [-0.2, 0) is 6.54 Å². The van der Waals surface area contributed by atoms with Gasteiger partial charge in [-0.3, -0.25) is 0 Å². The molecule has 0 aliphatic carbocycles. The van der Waals surface area contributed by atoms with E-state index in [4.69, 9.17) is 4.74 Å². The lowest BCUT2D eigenvalue weighted by Gasteiger charge is -2.10. The monoisotopic (exact) mass is 301 g/mol. The summed E-state index contributed by atoms with van der Waals surface area (Å²) in [4.78, 5) is 0. The van der Waals surface area contributed by atoms with Crippen LogP contribution in [-0.4, -0.2) is 15.0 Å². The maximum atomic E-state index is 6.07.